The van der Waals surface area contributed by atoms with Crippen LogP contribution in [0.2, 0.25) is 0 Å². The molecule has 0 bridgehead atoms. The molecule has 8 nitrogen and oxygen atoms in total. The van der Waals surface area contributed by atoms with Gasteiger partial charge in [0.25, 0.3) is 11.8 Å². The standard InChI is InChI=1S/C14H23N5O3/c1-4-11-12(14(22)19(15-3)9-16-11)17-5-7-18(8-6-17)13(21)10(2)20/h10,16,20H,3-9H2,1-2H3. The number of rotatable bonds is 4. The van der Waals surface area contributed by atoms with Crippen LogP contribution in [-0.2, 0) is 9.59 Å². The highest BCUT2D eigenvalue weighted by atomic mass is 16.3. The number of aliphatic hydroxyl groups excluding tert-OH is 1. The molecule has 0 aromatic rings. The van der Waals surface area contributed by atoms with Crippen molar-refractivity contribution in [1.82, 2.24) is 20.1 Å². The molecule has 2 aliphatic rings. The lowest BCUT2D eigenvalue weighted by Gasteiger charge is -2.40. The first kappa shape index (κ1) is 16.3. The number of hydrazone groups is 1. The van der Waals surface area contributed by atoms with E-state index in [1.807, 2.05) is 11.8 Å². The zero-order valence-corrected chi connectivity index (χ0v) is 13.1. The van der Waals surface area contributed by atoms with Crippen LogP contribution in [0.1, 0.15) is 20.3 Å². The van der Waals surface area contributed by atoms with Gasteiger partial charge in [-0.1, -0.05) is 6.92 Å². The molecule has 1 saturated heterocycles. The molecule has 1 atom stereocenters. The maximum absolute atomic E-state index is 12.5. The van der Waals surface area contributed by atoms with Gasteiger partial charge in [-0.3, -0.25) is 9.59 Å². The first-order valence-corrected chi connectivity index (χ1v) is 7.46. The number of nitrogens with zero attached hydrogens (tertiary/aromatic N) is 4. The number of nitrogens with one attached hydrogen (secondary N) is 1. The van der Waals surface area contributed by atoms with Crippen LogP contribution in [0.15, 0.2) is 16.5 Å². The molecule has 0 aromatic heterocycles. The maximum Gasteiger partial charge on any atom is 0.293 e. The van der Waals surface area contributed by atoms with Crippen LogP contribution in [0.4, 0.5) is 0 Å². The third-order valence-corrected chi connectivity index (χ3v) is 3.95. The first-order valence-electron chi connectivity index (χ1n) is 7.46. The SMILES string of the molecule is C=NN1CNC(CC)=C(N2CCN(C(=O)C(C)O)CC2)C1=O. The zero-order chi connectivity index (χ0) is 16.3. The number of piperazine rings is 1. The minimum absolute atomic E-state index is 0.166. The van der Waals surface area contributed by atoms with Crippen molar-refractivity contribution in [3.63, 3.8) is 0 Å². The van der Waals surface area contributed by atoms with Gasteiger partial charge in [-0.25, -0.2) is 5.01 Å². The Morgan fingerprint density at radius 2 is 2.05 bits per heavy atom. The molecular formula is C14H23N5O3. The lowest BCUT2D eigenvalue weighted by molar-refractivity contribution is -0.141. The normalized spacial score (nSPS) is 20.9. The van der Waals surface area contributed by atoms with Crippen molar-refractivity contribution in [2.45, 2.75) is 26.4 Å². The Bertz CT molecular complexity index is 495. The summed E-state index contributed by atoms with van der Waals surface area (Å²) in [6.45, 7) is 9.27. The molecule has 2 heterocycles. The lowest BCUT2D eigenvalue weighted by atomic mass is 10.1. The van der Waals surface area contributed by atoms with Gasteiger partial charge in [-0.05, 0) is 13.3 Å². The van der Waals surface area contributed by atoms with Gasteiger partial charge < -0.3 is 20.2 Å². The highest BCUT2D eigenvalue weighted by molar-refractivity contribution is 5.94. The molecule has 0 saturated carbocycles. The van der Waals surface area contributed by atoms with Crippen molar-refractivity contribution in [2.24, 2.45) is 5.10 Å². The molecule has 1 unspecified atom stereocenters. The van der Waals surface area contributed by atoms with E-state index in [9.17, 15) is 14.7 Å². The van der Waals surface area contributed by atoms with Crippen LogP contribution in [0.25, 0.3) is 0 Å². The second-order valence-electron chi connectivity index (χ2n) is 5.35. The molecule has 0 aliphatic carbocycles. The average molecular weight is 309 g/mol. The minimum atomic E-state index is -0.990. The maximum atomic E-state index is 12.5. The molecule has 2 N–H and O–H groups in total. The summed E-state index contributed by atoms with van der Waals surface area (Å²) in [6, 6.07) is 0. The third kappa shape index (κ3) is 3.06. The Hall–Kier alpha value is -2.09. The van der Waals surface area contributed by atoms with Gasteiger partial charge in [-0.15, -0.1) is 0 Å². The number of carbonyl (C=O) groups excluding carboxylic acids is 2. The number of amides is 2. The molecule has 0 radical (unpaired) electrons. The molecule has 8 heteroatoms. The minimum Gasteiger partial charge on any atom is -0.384 e. The molecule has 122 valence electrons. The van der Waals surface area contributed by atoms with Gasteiger partial charge in [0, 0.05) is 38.6 Å². The van der Waals surface area contributed by atoms with Crippen LogP contribution in [-0.4, -0.2) is 77.4 Å². The van der Waals surface area contributed by atoms with Gasteiger partial charge in [0.05, 0.1) is 0 Å². The Kier molecular flexibility index (Phi) is 5.02. The van der Waals surface area contributed by atoms with Crippen molar-refractivity contribution in [2.75, 3.05) is 32.8 Å². The summed E-state index contributed by atoms with van der Waals surface area (Å²) in [4.78, 5) is 27.9. The fraction of sp³-hybridized carbons (Fsp3) is 0.643. The summed E-state index contributed by atoms with van der Waals surface area (Å²) >= 11 is 0. The van der Waals surface area contributed by atoms with E-state index in [1.165, 1.54) is 11.9 Å². The molecule has 2 aliphatic heterocycles. The largest absolute Gasteiger partial charge is 0.384 e. The summed E-state index contributed by atoms with van der Waals surface area (Å²) in [5, 5.41) is 17.6. The number of aliphatic hydroxyl groups is 1. The van der Waals surface area contributed by atoms with Gasteiger partial charge in [0.1, 0.15) is 18.5 Å². The highest BCUT2D eigenvalue weighted by Crippen LogP contribution is 2.20. The molecule has 1 fully saturated rings. The second-order valence-corrected chi connectivity index (χ2v) is 5.35. The topological polar surface area (TPSA) is 88.5 Å². The summed E-state index contributed by atoms with van der Waals surface area (Å²) in [5.74, 6) is -0.437. The predicted molar refractivity (Wildman–Crippen MR) is 81.5 cm³/mol. The van der Waals surface area contributed by atoms with Crippen molar-refractivity contribution >= 4 is 18.5 Å². The molecule has 2 amide bonds. The van der Waals surface area contributed by atoms with E-state index in [-0.39, 0.29) is 11.8 Å². The summed E-state index contributed by atoms with van der Waals surface area (Å²) < 4.78 is 0. The van der Waals surface area contributed by atoms with Gasteiger partial charge in [0.2, 0.25) is 0 Å². The highest BCUT2D eigenvalue weighted by Gasteiger charge is 2.33. The zero-order valence-electron chi connectivity index (χ0n) is 13.1. The van der Waals surface area contributed by atoms with E-state index in [2.05, 4.69) is 17.1 Å². The Balaban J connectivity index is 2.11. The molecule has 22 heavy (non-hydrogen) atoms. The third-order valence-electron chi connectivity index (χ3n) is 3.95. The van der Waals surface area contributed by atoms with Gasteiger partial charge in [0.15, 0.2) is 0 Å². The second kappa shape index (κ2) is 6.78. The fourth-order valence-electron chi connectivity index (χ4n) is 2.72. The summed E-state index contributed by atoms with van der Waals surface area (Å²) in [7, 11) is 0. The van der Waals surface area contributed by atoms with Crippen molar-refractivity contribution in [3.8, 4) is 0 Å². The Labute approximate surface area is 130 Å². The molecule has 0 aromatic carbocycles. The Morgan fingerprint density at radius 1 is 1.41 bits per heavy atom. The smallest absolute Gasteiger partial charge is 0.293 e. The summed E-state index contributed by atoms with van der Waals surface area (Å²) in [6.07, 6.45) is -0.269. The molecular weight excluding hydrogens is 286 g/mol. The molecule has 2 rings (SSSR count). The Morgan fingerprint density at radius 3 is 2.55 bits per heavy atom. The van der Waals surface area contributed by atoms with Crippen molar-refractivity contribution in [1.29, 1.82) is 0 Å². The van der Waals surface area contributed by atoms with Gasteiger partial charge >= 0.3 is 0 Å². The number of hydrogen-bond donors (Lipinski definition) is 2. The van der Waals surface area contributed by atoms with Crippen LogP contribution >= 0.6 is 0 Å². The van der Waals surface area contributed by atoms with E-state index in [4.69, 9.17) is 0 Å². The van der Waals surface area contributed by atoms with Crippen molar-refractivity contribution < 1.29 is 14.7 Å². The van der Waals surface area contributed by atoms with Crippen LogP contribution in [0, 0.1) is 0 Å². The number of allylic oxidation sites excluding steroid dienone is 1. The lowest BCUT2D eigenvalue weighted by Crippen LogP contribution is -2.54. The fourth-order valence-corrected chi connectivity index (χ4v) is 2.72. The van der Waals surface area contributed by atoms with E-state index >= 15 is 0 Å². The van der Waals surface area contributed by atoms with Gasteiger partial charge in [-0.2, -0.15) is 5.10 Å². The summed E-state index contributed by atoms with van der Waals surface area (Å²) in [5.41, 5.74) is 1.49. The van der Waals surface area contributed by atoms with E-state index in [0.29, 0.717) is 38.5 Å². The van der Waals surface area contributed by atoms with Crippen LogP contribution < -0.4 is 5.32 Å². The van der Waals surface area contributed by atoms with E-state index < -0.39 is 6.10 Å². The van der Waals surface area contributed by atoms with E-state index in [0.717, 1.165) is 12.1 Å². The molecule has 0 spiro atoms. The first-order chi connectivity index (χ1) is 10.5. The van der Waals surface area contributed by atoms with E-state index in [1.54, 1.807) is 4.90 Å². The number of hydrogen-bond acceptors (Lipinski definition) is 6. The average Bonchev–Trinajstić information content (AvgIpc) is 2.53. The predicted octanol–water partition coefficient (Wildman–Crippen LogP) is -0.862. The van der Waals surface area contributed by atoms with Crippen molar-refractivity contribution in [3.05, 3.63) is 11.4 Å². The van der Waals surface area contributed by atoms with Crippen LogP contribution in [0.5, 0.6) is 0 Å². The van der Waals surface area contributed by atoms with Crippen LogP contribution in [0.3, 0.4) is 0 Å². The number of carbonyl (C=O) groups is 2. The monoisotopic (exact) mass is 309 g/mol. The quantitative estimate of drug-likeness (QED) is 0.660.